The maximum atomic E-state index is 3.58. The van der Waals surface area contributed by atoms with Crippen molar-refractivity contribution in [3.63, 3.8) is 0 Å². The van der Waals surface area contributed by atoms with Crippen LogP contribution in [0.1, 0.15) is 52.9 Å². The van der Waals surface area contributed by atoms with Gasteiger partial charge in [0, 0.05) is 25.2 Å². The topological polar surface area (TPSA) is 15.3 Å². The van der Waals surface area contributed by atoms with Crippen LogP contribution >= 0.6 is 0 Å². The van der Waals surface area contributed by atoms with Gasteiger partial charge in [-0.25, -0.2) is 0 Å². The Bertz CT molecular complexity index is 153. The van der Waals surface area contributed by atoms with Gasteiger partial charge in [-0.15, -0.1) is 0 Å². The van der Waals surface area contributed by atoms with E-state index in [1.165, 1.54) is 45.2 Å². The molecule has 0 heterocycles. The van der Waals surface area contributed by atoms with Crippen LogP contribution in [0.25, 0.3) is 0 Å². The Hall–Kier alpha value is -0.0800. The first kappa shape index (κ1) is 13.0. The first-order chi connectivity index (χ1) is 7.27. The number of rotatable bonds is 7. The maximum absolute atomic E-state index is 3.58. The Morgan fingerprint density at radius 1 is 1.27 bits per heavy atom. The summed E-state index contributed by atoms with van der Waals surface area (Å²) < 4.78 is 0. The van der Waals surface area contributed by atoms with Gasteiger partial charge in [0.25, 0.3) is 0 Å². The van der Waals surface area contributed by atoms with Crippen molar-refractivity contribution in [3.05, 3.63) is 0 Å². The summed E-state index contributed by atoms with van der Waals surface area (Å²) in [6, 6.07) is 1.56. The van der Waals surface area contributed by atoms with Gasteiger partial charge in [-0.3, -0.25) is 4.90 Å². The van der Waals surface area contributed by atoms with Gasteiger partial charge in [0.15, 0.2) is 0 Å². The van der Waals surface area contributed by atoms with E-state index in [1.807, 2.05) is 0 Å². The minimum absolute atomic E-state index is 0.673. The third-order valence-electron chi connectivity index (χ3n) is 3.75. The van der Waals surface area contributed by atoms with Crippen LogP contribution in [0.3, 0.4) is 0 Å². The molecule has 1 N–H and O–H groups in total. The highest BCUT2D eigenvalue weighted by molar-refractivity contribution is 4.77. The molecule has 1 rings (SSSR count). The number of hydrogen-bond acceptors (Lipinski definition) is 2. The van der Waals surface area contributed by atoms with Crippen LogP contribution in [0, 0.1) is 0 Å². The van der Waals surface area contributed by atoms with Gasteiger partial charge >= 0.3 is 0 Å². The van der Waals surface area contributed by atoms with Crippen molar-refractivity contribution in [2.75, 3.05) is 19.6 Å². The van der Waals surface area contributed by atoms with Crippen LogP contribution in [-0.4, -0.2) is 36.6 Å². The fraction of sp³-hybridized carbons (Fsp3) is 1.00. The lowest BCUT2D eigenvalue weighted by Gasteiger charge is -2.28. The van der Waals surface area contributed by atoms with Gasteiger partial charge < -0.3 is 5.32 Å². The van der Waals surface area contributed by atoms with E-state index in [9.17, 15) is 0 Å². The molecule has 2 heteroatoms. The molecule has 90 valence electrons. The average Bonchev–Trinajstić information content (AvgIpc) is 2.77. The van der Waals surface area contributed by atoms with E-state index in [0.29, 0.717) is 6.04 Å². The summed E-state index contributed by atoms with van der Waals surface area (Å²) in [4.78, 5) is 2.66. The number of nitrogens with zero attached hydrogens (tertiary/aromatic N) is 1. The van der Waals surface area contributed by atoms with Crippen molar-refractivity contribution in [2.45, 2.75) is 65.0 Å². The predicted octanol–water partition coefficient (Wildman–Crippen LogP) is 2.64. The first-order valence-electron chi connectivity index (χ1n) is 6.75. The summed E-state index contributed by atoms with van der Waals surface area (Å²) in [5.41, 5.74) is 0. The molecule has 0 amide bonds. The third kappa shape index (κ3) is 4.52. The second-order valence-corrected chi connectivity index (χ2v) is 4.83. The van der Waals surface area contributed by atoms with Crippen molar-refractivity contribution in [1.82, 2.24) is 10.2 Å². The van der Waals surface area contributed by atoms with Gasteiger partial charge in [0.2, 0.25) is 0 Å². The Labute approximate surface area is 95.4 Å². The molecule has 1 aliphatic carbocycles. The molecule has 0 aromatic rings. The van der Waals surface area contributed by atoms with Crippen LogP contribution in [0.2, 0.25) is 0 Å². The van der Waals surface area contributed by atoms with Gasteiger partial charge in [-0.05, 0) is 32.7 Å². The SMILES string of the molecule is CCC(C)NCCN(CC)C1CCCC1. The van der Waals surface area contributed by atoms with E-state index in [2.05, 4.69) is 31.0 Å². The van der Waals surface area contributed by atoms with Crippen molar-refractivity contribution in [2.24, 2.45) is 0 Å². The molecule has 0 spiro atoms. The zero-order valence-corrected chi connectivity index (χ0v) is 10.8. The molecule has 0 aromatic heterocycles. The van der Waals surface area contributed by atoms with Gasteiger partial charge in [0.05, 0.1) is 0 Å². The Kier molecular flexibility index (Phi) is 6.26. The second kappa shape index (κ2) is 7.24. The van der Waals surface area contributed by atoms with Crippen LogP contribution in [0.15, 0.2) is 0 Å². The van der Waals surface area contributed by atoms with Crippen molar-refractivity contribution in [1.29, 1.82) is 0 Å². The summed E-state index contributed by atoms with van der Waals surface area (Å²) >= 11 is 0. The molecule has 15 heavy (non-hydrogen) atoms. The van der Waals surface area contributed by atoms with Crippen LogP contribution in [0.5, 0.6) is 0 Å². The average molecular weight is 212 g/mol. The number of hydrogen-bond donors (Lipinski definition) is 1. The summed E-state index contributed by atoms with van der Waals surface area (Å²) in [6.45, 7) is 10.4. The molecular weight excluding hydrogens is 184 g/mol. The third-order valence-corrected chi connectivity index (χ3v) is 3.75. The molecule has 0 radical (unpaired) electrons. The van der Waals surface area contributed by atoms with E-state index in [1.54, 1.807) is 0 Å². The van der Waals surface area contributed by atoms with E-state index >= 15 is 0 Å². The zero-order valence-electron chi connectivity index (χ0n) is 10.8. The highest BCUT2D eigenvalue weighted by Crippen LogP contribution is 2.22. The molecule has 1 atom stereocenters. The zero-order chi connectivity index (χ0) is 11.1. The molecule has 1 aliphatic rings. The minimum atomic E-state index is 0.673. The lowest BCUT2D eigenvalue weighted by Crippen LogP contribution is -2.40. The molecule has 0 aliphatic heterocycles. The quantitative estimate of drug-likeness (QED) is 0.698. The van der Waals surface area contributed by atoms with Gasteiger partial charge in [-0.1, -0.05) is 26.7 Å². The summed E-state index contributed by atoms with van der Waals surface area (Å²) in [5, 5.41) is 3.58. The molecule has 1 saturated carbocycles. The lowest BCUT2D eigenvalue weighted by molar-refractivity contribution is 0.207. The normalized spacial score (nSPS) is 20.0. The lowest BCUT2D eigenvalue weighted by atomic mass is 10.2. The minimum Gasteiger partial charge on any atom is -0.313 e. The maximum Gasteiger partial charge on any atom is 0.0110 e. The number of nitrogens with one attached hydrogen (secondary N) is 1. The molecule has 2 nitrogen and oxygen atoms in total. The van der Waals surface area contributed by atoms with E-state index < -0.39 is 0 Å². The fourth-order valence-electron chi connectivity index (χ4n) is 2.47. The smallest absolute Gasteiger partial charge is 0.0110 e. The summed E-state index contributed by atoms with van der Waals surface area (Å²) in [6.07, 6.45) is 6.98. The molecular formula is C13H28N2. The van der Waals surface area contributed by atoms with Crippen LogP contribution < -0.4 is 5.32 Å². The Morgan fingerprint density at radius 3 is 2.47 bits per heavy atom. The van der Waals surface area contributed by atoms with E-state index in [0.717, 1.165) is 12.6 Å². The van der Waals surface area contributed by atoms with Crippen molar-refractivity contribution >= 4 is 0 Å². The number of likely N-dealkylation sites (N-methyl/N-ethyl adjacent to an activating group) is 1. The van der Waals surface area contributed by atoms with E-state index in [-0.39, 0.29) is 0 Å². The standard InChI is InChI=1S/C13H28N2/c1-4-12(3)14-10-11-15(5-2)13-8-6-7-9-13/h12-14H,4-11H2,1-3H3. The molecule has 1 fully saturated rings. The first-order valence-corrected chi connectivity index (χ1v) is 6.75. The predicted molar refractivity (Wildman–Crippen MR) is 67.3 cm³/mol. The van der Waals surface area contributed by atoms with E-state index in [4.69, 9.17) is 0 Å². The van der Waals surface area contributed by atoms with Crippen molar-refractivity contribution < 1.29 is 0 Å². The monoisotopic (exact) mass is 212 g/mol. The fourth-order valence-corrected chi connectivity index (χ4v) is 2.47. The summed E-state index contributed by atoms with van der Waals surface area (Å²) in [7, 11) is 0. The largest absolute Gasteiger partial charge is 0.313 e. The highest BCUT2D eigenvalue weighted by Gasteiger charge is 2.20. The van der Waals surface area contributed by atoms with Crippen LogP contribution in [0.4, 0.5) is 0 Å². The Morgan fingerprint density at radius 2 is 1.93 bits per heavy atom. The second-order valence-electron chi connectivity index (χ2n) is 4.83. The molecule has 0 aromatic carbocycles. The van der Waals surface area contributed by atoms with Crippen LogP contribution in [-0.2, 0) is 0 Å². The molecule has 0 saturated heterocycles. The highest BCUT2D eigenvalue weighted by atomic mass is 15.2. The molecule has 0 bridgehead atoms. The van der Waals surface area contributed by atoms with Gasteiger partial charge in [0.1, 0.15) is 0 Å². The van der Waals surface area contributed by atoms with Crippen molar-refractivity contribution in [3.8, 4) is 0 Å². The summed E-state index contributed by atoms with van der Waals surface area (Å²) in [5.74, 6) is 0. The Balaban J connectivity index is 2.15. The molecule has 1 unspecified atom stereocenters. The van der Waals surface area contributed by atoms with Gasteiger partial charge in [-0.2, -0.15) is 0 Å².